The third-order valence-electron chi connectivity index (χ3n) is 3.43. The van der Waals surface area contributed by atoms with E-state index in [1.807, 2.05) is 0 Å². The summed E-state index contributed by atoms with van der Waals surface area (Å²) in [5.41, 5.74) is 0.237. The van der Waals surface area contributed by atoms with E-state index < -0.39 is 10.0 Å². The van der Waals surface area contributed by atoms with Gasteiger partial charge in [0, 0.05) is 19.3 Å². The van der Waals surface area contributed by atoms with E-state index in [0.29, 0.717) is 18.8 Å². The number of nitriles is 2. The number of nitrogens with zero attached hydrogens (tertiary/aromatic N) is 3. The first-order chi connectivity index (χ1) is 10.6. The molecular weight excluding hydrogens is 300 g/mol. The lowest BCUT2D eigenvalue weighted by Crippen LogP contribution is -2.35. The van der Waals surface area contributed by atoms with Crippen molar-refractivity contribution in [2.45, 2.75) is 24.2 Å². The summed E-state index contributed by atoms with van der Waals surface area (Å²) in [6, 6.07) is 9.93. The smallest absolute Gasteiger partial charge is 0.245 e. The van der Waals surface area contributed by atoms with Crippen LogP contribution in [0.5, 0.6) is 0 Å². The van der Waals surface area contributed by atoms with E-state index in [1.54, 1.807) is 30.3 Å². The number of benzene rings is 1. The fourth-order valence-electron chi connectivity index (χ4n) is 2.29. The molecule has 2 rings (SSSR count). The molecule has 0 saturated carbocycles. The molecule has 1 aromatic carbocycles. The Morgan fingerprint density at radius 1 is 1.14 bits per heavy atom. The Hall–Kier alpha value is -2.35. The van der Waals surface area contributed by atoms with E-state index in [0.717, 1.165) is 19.3 Å². The first-order valence-electron chi connectivity index (χ1n) is 6.95. The molecule has 0 unspecified atom stereocenters. The summed E-state index contributed by atoms with van der Waals surface area (Å²) in [7, 11) is -3.58. The van der Waals surface area contributed by atoms with E-state index in [4.69, 9.17) is 10.5 Å². The standard InChI is InChI=1S/C15H16N4O2S/c16-10-13(11-17)12-18-14-6-2-3-7-15(14)22(20,21)19-8-4-1-5-9-19/h2-3,6-7,12,18H,1,4-5,8-9H2. The summed E-state index contributed by atoms with van der Waals surface area (Å²) in [5, 5.41) is 20.2. The molecule has 1 saturated heterocycles. The Morgan fingerprint density at radius 2 is 1.77 bits per heavy atom. The zero-order valence-corrected chi connectivity index (χ0v) is 12.8. The van der Waals surface area contributed by atoms with Gasteiger partial charge in [-0.05, 0) is 25.0 Å². The third kappa shape index (κ3) is 3.45. The van der Waals surface area contributed by atoms with Crippen LogP contribution in [0.25, 0.3) is 0 Å². The summed E-state index contributed by atoms with van der Waals surface area (Å²) in [6.07, 6.45) is 3.98. The molecule has 1 aromatic rings. The maximum Gasteiger partial charge on any atom is 0.245 e. The van der Waals surface area contributed by atoms with Gasteiger partial charge in [-0.2, -0.15) is 14.8 Å². The van der Waals surface area contributed by atoms with Crippen molar-refractivity contribution in [3.8, 4) is 12.1 Å². The summed E-state index contributed by atoms with van der Waals surface area (Å²) < 4.78 is 26.9. The summed E-state index contributed by atoms with van der Waals surface area (Å²) in [6.45, 7) is 1.04. The summed E-state index contributed by atoms with van der Waals surface area (Å²) in [4.78, 5) is 0.156. The van der Waals surface area contributed by atoms with Crippen molar-refractivity contribution in [2.75, 3.05) is 18.4 Å². The SMILES string of the molecule is N#CC(C#N)=CNc1ccccc1S(=O)(=O)N1CCCCC1. The van der Waals surface area contributed by atoms with Gasteiger partial charge < -0.3 is 5.32 Å². The van der Waals surface area contributed by atoms with Gasteiger partial charge in [-0.25, -0.2) is 8.42 Å². The maximum atomic E-state index is 12.7. The second-order valence-electron chi connectivity index (χ2n) is 4.89. The van der Waals surface area contributed by atoms with Crippen LogP contribution in [0.1, 0.15) is 19.3 Å². The molecule has 1 heterocycles. The molecule has 1 fully saturated rings. The number of allylic oxidation sites excluding steroid dienone is 1. The van der Waals surface area contributed by atoms with Crippen LogP contribution in [-0.4, -0.2) is 25.8 Å². The van der Waals surface area contributed by atoms with E-state index >= 15 is 0 Å². The Bertz CT molecular complexity index is 734. The van der Waals surface area contributed by atoms with Crippen molar-refractivity contribution in [1.82, 2.24) is 4.31 Å². The molecule has 1 N–H and O–H groups in total. The number of para-hydroxylation sites is 1. The minimum Gasteiger partial charge on any atom is -0.359 e. The Kier molecular flexibility index (Phi) is 5.16. The van der Waals surface area contributed by atoms with Gasteiger partial charge in [0.1, 0.15) is 22.6 Å². The van der Waals surface area contributed by atoms with Crippen LogP contribution in [0.2, 0.25) is 0 Å². The molecule has 0 atom stereocenters. The van der Waals surface area contributed by atoms with Gasteiger partial charge in [0.25, 0.3) is 0 Å². The van der Waals surface area contributed by atoms with Crippen molar-refractivity contribution in [3.63, 3.8) is 0 Å². The zero-order valence-electron chi connectivity index (χ0n) is 12.0. The van der Waals surface area contributed by atoms with Gasteiger partial charge in [-0.3, -0.25) is 0 Å². The number of nitrogens with one attached hydrogen (secondary N) is 1. The van der Waals surface area contributed by atoms with Crippen molar-refractivity contribution in [2.24, 2.45) is 0 Å². The molecule has 0 aliphatic carbocycles. The van der Waals surface area contributed by atoms with Gasteiger partial charge in [0.2, 0.25) is 10.0 Å². The molecule has 22 heavy (non-hydrogen) atoms. The van der Waals surface area contributed by atoms with Gasteiger partial charge >= 0.3 is 0 Å². The minimum absolute atomic E-state index is 0.120. The normalized spacial score (nSPS) is 15.4. The van der Waals surface area contributed by atoms with E-state index in [9.17, 15) is 8.42 Å². The second-order valence-corrected chi connectivity index (χ2v) is 6.79. The van der Waals surface area contributed by atoms with Gasteiger partial charge in [-0.15, -0.1) is 0 Å². The molecule has 114 valence electrons. The van der Waals surface area contributed by atoms with Crippen LogP contribution in [0.3, 0.4) is 0 Å². The van der Waals surface area contributed by atoms with Gasteiger partial charge in [0.15, 0.2) is 0 Å². The summed E-state index contributed by atoms with van der Waals surface area (Å²) >= 11 is 0. The van der Waals surface area contributed by atoms with E-state index in [-0.39, 0.29) is 10.5 Å². The zero-order chi connectivity index (χ0) is 16.0. The largest absolute Gasteiger partial charge is 0.359 e. The van der Waals surface area contributed by atoms with Crippen LogP contribution in [0.4, 0.5) is 5.69 Å². The number of hydrogen-bond donors (Lipinski definition) is 1. The number of anilines is 1. The van der Waals surface area contributed by atoms with Crippen molar-refractivity contribution < 1.29 is 8.42 Å². The lowest BCUT2D eigenvalue weighted by atomic mass is 10.2. The monoisotopic (exact) mass is 316 g/mol. The van der Waals surface area contributed by atoms with Crippen LogP contribution in [0.15, 0.2) is 40.9 Å². The van der Waals surface area contributed by atoms with Crippen LogP contribution >= 0.6 is 0 Å². The third-order valence-corrected chi connectivity index (χ3v) is 5.39. The predicted molar refractivity (Wildman–Crippen MR) is 82.0 cm³/mol. The van der Waals surface area contributed by atoms with Crippen LogP contribution in [0, 0.1) is 22.7 Å². The van der Waals surface area contributed by atoms with E-state index in [2.05, 4.69) is 5.32 Å². The van der Waals surface area contributed by atoms with Crippen molar-refractivity contribution >= 4 is 15.7 Å². The highest BCUT2D eigenvalue weighted by atomic mass is 32.2. The van der Waals surface area contributed by atoms with Crippen molar-refractivity contribution in [1.29, 1.82) is 10.5 Å². The van der Waals surface area contributed by atoms with Crippen LogP contribution in [-0.2, 0) is 10.0 Å². The number of rotatable bonds is 4. The second kappa shape index (κ2) is 7.08. The average molecular weight is 316 g/mol. The lowest BCUT2D eigenvalue weighted by molar-refractivity contribution is 0.347. The molecule has 1 aliphatic heterocycles. The first-order valence-corrected chi connectivity index (χ1v) is 8.39. The van der Waals surface area contributed by atoms with Gasteiger partial charge in [-0.1, -0.05) is 18.6 Å². The number of hydrogen-bond acceptors (Lipinski definition) is 5. The molecule has 0 radical (unpaired) electrons. The lowest BCUT2D eigenvalue weighted by Gasteiger charge is -2.26. The molecule has 0 aromatic heterocycles. The Labute approximate surface area is 130 Å². The predicted octanol–water partition coefficient (Wildman–Crippen LogP) is 2.20. The van der Waals surface area contributed by atoms with Crippen molar-refractivity contribution in [3.05, 3.63) is 36.0 Å². The highest BCUT2D eigenvalue weighted by Gasteiger charge is 2.27. The molecule has 6 nitrogen and oxygen atoms in total. The average Bonchev–Trinajstić information content (AvgIpc) is 2.57. The molecule has 0 bridgehead atoms. The highest BCUT2D eigenvalue weighted by Crippen LogP contribution is 2.26. The molecule has 0 amide bonds. The minimum atomic E-state index is -3.58. The fraction of sp³-hybridized carbons (Fsp3) is 0.333. The molecule has 0 spiro atoms. The quantitative estimate of drug-likeness (QED) is 0.859. The van der Waals surface area contributed by atoms with Gasteiger partial charge in [0.05, 0.1) is 5.69 Å². The van der Waals surface area contributed by atoms with E-state index in [1.165, 1.54) is 16.6 Å². The highest BCUT2D eigenvalue weighted by molar-refractivity contribution is 7.89. The Morgan fingerprint density at radius 3 is 2.41 bits per heavy atom. The summed E-state index contributed by atoms with van der Waals surface area (Å²) in [5.74, 6) is 0. The van der Waals surface area contributed by atoms with Crippen LogP contribution < -0.4 is 5.32 Å². The topological polar surface area (TPSA) is 97.0 Å². The molecule has 7 heteroatoms. The fourth-order valence-corrected chi connectivity index (χ4v) is 3.97. The maximum absolute atomic E-state index is 12.7. The number of piperidine rings is 1. The molecule has 1 aliphatic rings. The molecular formula is C15H16N4O2S. The number of sulfonamides is 1. The Balaban J connectivity index is 2.34. The first kappa shape index (κ1) is 16.0.